The minimum atomic E-state index is -3.62. The maximum Gasteiger partial charge on any atom is 0.243 e. The third kappa shape index (κ3) is 2.70. The normalized spacial score (nSPS) is 20.6. The Hall–Kier alpha value is -1.42. The van der Waals surface area contributed by atoms with Gasteiger partial charge in [-0.05, 0) is 43.5 Å². The van der Waals surface area contributed by atoms with Crippen molar-refractivity contribution < 1.29 is 13.5 Å². The molecule has 0 radical (unpaired) electrons. The summed E-state index contributed by atoms with van der Waals surface area (Å²) in [5.74, 6) is 0. The number of nitrogens with zero attached hydrogens (tertiary/aromatic N) is 2. The smallest absolute Gasteiger partial charge is 0.243 e. The molecule has 108 valence electrons. The summed E-state index contributed by atoms with van der Waals surface area (Å²) in [7, 11) is -3.62. The van der Waals surface area contributed by atoms with Crippen molar-refractivity contribution in [3.63, 3.8) is 0 Å². The fraction of sp³-hybridized carbons (Fsp3) is 0.500. The van der Waals surface area contributed by atoms with E-state index in [4.69, 9.17) is 5.26 Å². The van der Waals surface area contributed by atoms with Crippen molar-refractivity contribution in [2.45, 2.75) is 37.1 Å². The van der Waals surface area contributed by atoms with Crippen molar-refractivity contribution >= 4 is 10.0 Å². The predicted molar refractivity (Wildman–Crippen MR) is 74.5 cm³/mol. The van der Waals surface area contributed by atoms with E-state index in [9.17, 15) is 13.5 Å². The van der Waals surface area contributed by atoms with E-state index in [1.807, 2.05) is 6.07 Å². The molecule has 2 rings (SSSR count). The number of piperidine rings is 1. The molecule has 0 bridgehead atoms. The van der Waals surface area contributed by atoms with Gasteiger partial charge in [-0.3, -0.25) is 0 Å². The summed E-state index contributed by atoms with van der Waals surface area (Å²) in [6.45, 7) is 1.97. The molecule has 0 saturated carbocycles. The average molecular weight is 294 g/mol. The molecule has 1 heterocycles. The summed E-state index contributed by atoms with van der Waals surface area (Å²) in [5.41, 5.74) is 1.00. The van der Waals surface area contributed by atoms with Crippen LogP contribution in [-0.2, 0) is 10.0 Å². The van der Waals surface area contributed by atoms with Crippen molar-refractivity contribution in [2.24, 2.45) is 0 Å². The van der Waals surface area contributed by atoms with Gasteiger partial charge in [0.15, 0.2) is 0 Å². The van der Waals surface area contributed by atoms with Crippen molar-refractivity contribution in [1.29, 1.82) is 5.26 Å². The van der Waals surface area contributed by atoms with Crippen LogP contribution in [0.3, 0.4) is 0 Å². The maximum atomic E-state index is 12.7. The Kier molecular flexibility index (Phi) is 4.43. The highest BCUT2D eigenvalue weighted by atomic mass is 32.2. The highest BCUT2D eigenvalue weighted by molar-refractivity contribution is 7.89. The standard InChI is InChI=1S/C14H18N2O3S/c1-11-8-12(9-15)5-6-14(11)20(18,19)16-7-3-2-4-13(16)10-17/h5-6,8,13,17H,2-4,7,10H2,1H3. The number of aliphatic hydroxyl groups is 1. The monoisotopic (exact) mass is 294 g/mol. The Labute approximate surface area is 119 Å². The third-order valence-electron chi connectivity index (χ3n) is 3.67. The summed E-state index contributed by atoms with van der Waals surface area (Å²) in [5, 5.41) is 18.2. The van der Waals surface area contributed by atoms with E-state index < -0.39 is 10.0 Å². The number of benzene rings is 1. The van der Waals surface area contributed by atoms with E-state index in [0.29, 0.717) is 24.1 Å². The van der Waals surface area contributed by atoms with Gasteiger partial charge in [-0.15, -0.1) is 0 Å². The minimum absolute atomic E-state index is 0.158. The quantitative estimate of drug-likeness (QED) is 0.913. The van der Waals surface area contributed by atoms with E-state index in [2.05, 4.69) is 0 Å². The lowest BCUT2D eigenvalue weighted by Crippen LogP contribution is -2.45. The number of aryl methyl sites for hydroxylation is 1. The van der Waals surface area contributed by atoms with E-state index in [-0.39, 0.29) is 17.5 Å². The maximum absolute atomic E-state index is 12.7. The largest absolute Gasteiger partial charge is 0.395 e. The lowest BCUT2D eigenvalue weighted by atomic mass is 10.1. The summed E-state index contributed by atoms with van der Waals surface area (Å²) in [4.78, 5) is 0.219. The Balaban J connectivity index is 2.42. The van der Waals surface area contributed by atoms with Gasteiger partial charge in [0.05, 0.1) is 23.1 Å². The van der Waals surface area contributed by atoms with Crippen LogP contribution >= 0.6 is 0 Å². The van der Waals surface area contributed by atoms with Gasteiger partial charge in [0.25, 0.3) is 0 Å². The van der Waals surface area contributed by atoms with Gasteiger partial charge in [0.2, 0.25) is 10.0 Å². The predicted octanol–water partition coefficient (Wildman–Crippen LogP) is 1.40. The van der Waals surface area contributed by atoms with Crippen LogP contribution < -0.4 is 0 Å². The van der Waals surface area contributed by atoms with Gasteiger partial charge in [-0.2, -0.15) is 9.57 Å². The Morgan fingerprint density at radius 3 is 2.80 bits per heavy atom. The summed E-state index contributed by atoms with van der Waals surface area (Å²) >= 11 is 0. The molecule has 5 nitrogen and oxygen atoms in total. The van der Waals surface area contributed by atoms with Gasteiger partial charge < -0.3 is 5.11 Å². The molecule has 20 heavy (non-hydrogen) atoms. The van der Waals surface area contributed by atoms with E-state index in [1.165, 1.54) is 16.4 Å². The molecular formula is C14H18N2O3S. The molecule has 1 N–H and O–H groups in total. The first-order valence-electron chi connectivity index (χ1n) is 6.64. The molecule has 1 aromatic rings. The molecule has 1 saturated heterocycles. The van der Waals surface area contributed by atoms with Crippen LogP contribution in [0.1, 0.15) is 30.4 Å². The molecular weight excluding hydrogens is 276 g/mol. The van der Waals surface area contributed by atoms with Crippen LogP contribution in [0.25, 0.3) is 0 Å². The second-order valence-electron chi connectivity index (χ2n) is 5.04. The highest BCUT2D eigenvalue weighted by Crippen LogP contribution is 2.27. The van der Waals surface area contributed by atoms with Crippen LogP contribution in [0.15, 0.2) is 23.1 Å². The van der Waals surface area contributed by atoms with Crippen LogP contribution in [0.5, 0.6) is 0 Å². The van der Waals surface area contributed by atoms with Crippen LogP contribution in [0.2, 0.25) is 0 Å². The van der Waals surface area contributed by atoms with Crippen LogP contribution in [-0.4, -0.2) is 37.0 Å². The summed E-state index contributed by atoms with van der Waals surface area (Å²) in [6, 6.07) is 6.22. The van der Waals surface area contributed by atoms with E-state index in [0.717, 1.165) is 12.8 Å². The Morgan fingerprint density at radius 1 is 1.45 bits per heavy atom. The van der Waals surface area contributed by atoms with E-state index >= 15 is 0 Å². The first-order chi connectivity index (χ1) is 9.50. The molecule has 1 aliphatic heterocycles. The molecule has 0 spiro atoms. The molecule has 1 fully saturated rings. The SMILES string of the molecule is Cc1cc(C#N)ccc1S(=O)(=O)N1CCCCC1CO. The zero-order valence-electron chi connectivity index (χ0n) is 11.4. The molecule has 1 unspecified atom stereocenters. The van der Waals surface area contributed by atoms with Gasteiger partial charge in [0.1, 0.15) is 0 Å². The van der Waals surface area contributed by atoms with Crippen LogP contribution in [0.4, 0.5) is 0 Å². The summed E-state index contributed by atoms with van der Waals surface area (Å²) in [6.07, 6.45) is 2.43. The van der Waals surface area contributed by atoms with Gasteiger partial charge in [0, 0.05) is 12.6 Å². The van der Waals surface area contributed by atoms with Crippen LogP contribution in [0, 0.1) is 18.3 Å². The van der Waals surface area contributed by atoms with Crippen molar-refractivity contribution in [2.75, 3.05) is 13.2 Å². The zero-order valence-corrected chi connectivity index (χ0v) is 12.2. The highest BCUT2D eigenvalue weighted by Gasteiger charge is 2.33. The number of nitriles is 1. The molecule has 1 atom stereocenters. The van der Waals surface area contributed by atoms with Gasteiger partial charge in [-0.25, -0.2) is 8.42 Å². The zero-order chi connectivity index (χ0) is 14.8. The Bertz CT molecular complexity index is 634. The molecule has 6 heteroatoms. The van der Waals surface area contributed by atoms with Gasteiger partial charge >= 0.3 is 0 Å². The number of hydrogen-bond donors (Lipinski definition) is 1. The van der Waals surface area contributed by atoms with Crippen molar-refractivity contribution in [1.82, 2.24) is 4.31 Å². The molecule has 0 aliphatic carbocycles. The summed E-state index contributed by atoms with van der Waals surface area (Å²) < 4.78 is 26.8. The minimum Gasteiger partial charge on any atom is -0.395 e. The van der Waals surface area contributed by atoms with Crippen molar-refractivity contribution in [3.8, 4) is 6.07 Å². The first kappa shape index (κ1) is 15.0. The lowest BCUT2D eigenvalue weighted by molar-refractivity contribution is 0.155. The number of hydrogen-bond acceptors (Lipinski definition) is 4. The Morgan fingerprint density at radius 2 is 2.20 bits per heavy atom. The topological polar surface area (TPSA) is 81.4 Å². The number of sulfonamides is 1. The molecule has 1 aliphatic rings. The molecule has 1 aromatic carbocycles. The second kappa shape index (κ2) is 5.92. The first-order valence-corrected chi connectivity index (χ1v) is 8.08. The fourth-order valence-corrected chi connectivity index (χ4v) is 4.50. The molecule has 0 amide bonds. The number of rotatable bonds is 3. The number of aliphatic hydroxyl groups excluding tert-OH is 1. The van der Waals surface area contributed by atoms with Gasteiger partial charge in [-0.1, -0.05) is 6.42 Å². The molecule has 0 aromatic heterocycles. The van der Waals surface area contributed by atoms with E-state index in [1.54, 1.807) is 13.0 Å². The fourth-order valence-electron chi connectivity index (χ4n) is 2.61. The lowest BCUT2D eigenvalue weighted by Gasteiger charge is -2.33. The third-order valence-corrected chi connectivity index (χ3v) is 5.79. The van der Waals surface area contributed by atoms with Crippen molar-refractivity contribution in [3.05, 3.63) is 29.3 Å². The average Bonchev–Trinajstić information content (AvgIpc) is 2.46. The second-order valence-corrected chi connectivity index (χ2v) is 6.90.